The van der Waals surface area contributed by atoms with Gasteiger partial charge >= 0.3 is 0 Å². The van der Waals surface area contributed by atoms with Gasteiger partial charge in [-0.05, 0) is 17.7 Å². The van der Waals surface area contributed by atoms with Gasteiger partial charge in [0, 0.05) is 16.5 Å². The first-order valence-corrected chi connectivity index (χ1v) is 7.15. The number of hydrazine groups is 1. The molecule has 0 bridgehead atoms. The number of aromatic amines is 1. The lowest BCUT2D eigenvalue weighted by molar-refractivity contribution is -0.107. The number of nitrogens with two attached hydrogens (primary N) is 2. The van der Waals surface area contributed by atoms with Crippen LogP contribution >= 0.6 is 0 Å². The van der Waals surface area contributed by atoms with E-state index in [1.807, 2.05) is 36.4 Å². The number of aromatic nitrogens is 1. The van der Waals surface area contributed by atoms with Crippen molar-refractivity contribution >= 4 is 29.0 Å². The molecule has 7 nitrogen and oxygen atoms in total. The van der Waals surface area contributed by atoms with Crippen molar-refractivity contribution in [3.63, 3.8) is 0 Å². The summed E-state index contributed by atoms with van der Waals surface area (Å²) >= 11 is 0. The Bertz CT molecular complexity index is 933. The van der Waals surface area contributed by atoms with E-state index < -0.39 is 5.91 Å². The molecule has 24 heavy (non-hydrogen) atoms. The van der Waals surface area contributed by atoms with Crippen LogP contribution in [-0.4, -0.2) is 24.4 Å². The van der Waals surface area contributed by atoms with Gasteiger partial charge in [-0.2, -0.15) is 0 Å². The molecule has 0 aliphatic heterocycles. The summed E-state index contributed by atoms with van der Waals surface area (Å²) in [5.41, 5.74) is 8.04. The lowest BCUT2D eigenvalue weighted by Gasteiger charge is -2.08. The number of rotatable bonds is 5. The molecular formula is C17H16N4O3. The molecule has 0 spiro atoms. The maximum atomic E-state index is 11.8. The van der Waals surface area contributed by atoms with Gasteiger partial charge in [-0.15, -0.1) is 0 Å². The number of benzene rings is 2. The third kappa shape index (κ3) is 2.46. The molecule has 7 heteroatoms. The number of fused-ring (bicyclic) bond motifs is 1. The molecule has 1 aromatic heterocycles. The molecule has 3 rings (SSSR count). The van der Waals surface area contributed by atoms with E-state index in [0.717, 1.165) is 21.9 Å². The van der Waals surface area contributed by atoms with Gasteiger partial charge < -0.3 is 15.5 Å². The van der Waals surface area contributed by atoms with Gasteiger partial charge in [0.2, 0.25) is 6.41 Å². The lowest BCUT2D eigenvalue weighted by Crippen LogP contribution is -2.31. The topological polar surface area (TPSA) is 114 Å². The summed E-state index contributed by atoms with van der Waals surface area (Å²) < 4.78 is 5.38. The molecule has 0 saturated carbocycles. The van der Waals surface area contributed by atoms with Crippen molar-refractivity contribution < 1.29 is 14.3 Å². The number of nitrogens with zero attached hydrogens (tertiary/aromatic N) is 1. The van der Waals surface area contributed by atoms with Crippen molar-refractivity contribution in [1.82, 2.24) is 4.98 Å². The van der Waals surface area contributed by atoms with Gasteiger partial charge in [0.1, 0.15) is 11.6 Å². The quantitative estimate of drug-likeness (QED) is 0.287. The monoisotopic (exact) mass is 324 g/mol. The zero-order valence-electron chi connectivity index (χ0n) is 12.9. The van der Waals surface area contributed by atoms with E-state index in [4.69, 9.17) is 16.3 Å². The smallest absolute Gasteiger partial charge is 0.253 e. The van der Waals surface area contributed by atoms with Crippen LogP contribution in [0, 0.1) is 0 Å². The van der Waals surface area contributed by atoms with Crippen LogP contribution in [0.1, 0.15) is 10.4 Å². The van der Waals surface area contributed by atoms with Gasteiger partial charge in [0.15, 0.2) is 0 Å². The highest BCUT2D eigenvalue weighted by atomic mass is 16.5. The summed E-state index contributed by atoms with van der Waals surface area (Å²) in [6.45, 7) is 0. The minimum atomic E-state index is -0.668. The molecule has 0 aliphatic rings. The fourth-order valence-corrected chi connectivity index (χ4v) is 2.73. The van der Waals surface area contributed by atoms with Crippen LogP contribution in [0.4, 0.5) is 5.82 Å². The SMILES string of the molecule is COc1ccccc1-c1ccc2c(C(N)=O)c(N(N)C=O)[nH]c2c1. The van der Waals surface area contributed by atoms with Crippen LogP contribution in [0.25, 0.3) is 22.0 Å². The van der Waals surface area contributed by atoms with Crippen LogP contribution in [0.3, 0.4) is 0 Å². The first-order chi connectivity index (χ1) is 11.6. The van der Waals surface area contributed by atoms with Crippen molar-refractivity contribution in [2.45, 2.75) is 0 Å². The van der Waals surface area contributed by atoms with Crippen molar-refractivity contribution in [2.75, 3.05) is 12.1 Å². The summed E-state index contributed by atoms with van der Waals surface area (Å²) in [4.78, 5) is 25.7. The second kappa shape index (κ2) is 6.05. The third-order valence-electron chi connectivity index (χ3n) is 3.81. The summed E-state index contributed by atoms with van der Waals surface area (Å²) in [5, 5.41) is 1.39. The Morgan fingerprint density at radius 1 is 1.25 bits per heavy atom. The van der Waals surface area contributed by atoms with Gasteiger partial charge in [-0.1, -0.05) is 30.3 Å². The van der Waals surface area contributed by atoms with Crippen LogP contribution in [0.15, 0.2) is 42.5 Å². The maximum Gasteiger partial charge on any atom is 0.253 e. The fraction of sp³-hybridized carbons (Fsp3) is 0.0588. The minimum absolute atomic E-state index is 0.157. The number of amides is 2. The number of methoxy groups -OCH3 is 1. The Hall–Kier alpha value is -3.32. The summed E-state index contributed by atoms with van der Waals surface area (Å²) in [6.07, 6.45) is 0.401. The van der Waals surface area contributed by atoms with Crippen molar-refractivity contribution in [3.8, 4) is 16.9 Å². The van der Waals surface area contributed by atoms with Crippen molar-refractivity contribution in [2.24, 2.45) is 11.6 Å². The Kier molecular flexibility index (Phi) is 3.93. The van der Waals surface area contributed by atoms with Crippen LogP contribution in [0.5, 0.6) is 5.75 Å². The average molecular weight is 324 g/mol. The van der Waals surface area contributed by atoms with E-state index in [2.05, 4.69) is 4.98 Å². The van der Waals surface area contributed by atoms with E-state index in [0.29, 0.717) is 17.3 Å². The Morgan fingerprint density at radius 3 is 2.67 bits per heavy atom. The third-order valence-corrected chi connectivity index (χ3v) is 3.81. The average Bonchev–Trinajstić information content (AvgIpc) is 2.99. The number of hydrogen-bond acceptors (Lipinski definition) is 4. The Labute approximate surface area is 137 Å². The van der Waals surface area contributed by atoms with Crippen molar-refractivity contribution in [3.05, 3.63) is 48.0 Å². The molecule has 5 N–H and O–H groups in total. The molecule has 3 aromatic rings. The number of H-pyrrole nitrogens is 1. The number of primary amides is 1. The highest BCUT2D eigenvalue weighted by molar-refractivity contribution is 6.12. The number of ether oxygens (including phenoxy) is 1. The lowest BCUT2D eigenvalue weighted by atomic mass is 10.0. The second-order valence-corrected chi connectivity index (χ2v) is 5.19. The van der Waals surface area contributed by atoms with E-state index >= 15 is 0 Å². The molecular weight excluding hydrogens is 308 g/mol. The van der Waals surface area contributed by atoms with E-state index in [-0.39, 0.29) is 11.4 Å². The van der Waals surface area contributed by atoms with Gasteiger partial charge in [0.05, 0.1) is 12.7 Å². The zero-order chi connectivity index (χ0) is 17.3. The fourth-order valence-electron chi connectivity index (χ4n) is 2.73. The first-order valence-electron chi connectivity index (χ1n) is 7.15. The number of nitrogens with one attached hydrogen (secondary N) is 1. The molecule has 0 saturated heterocycles. The van der Waals surface area contributed by atoms with E-state index in [9.17, 15) is 9.59 Å². The second-order valence-electron chi connectivity index (χ2n) is 5.19. The van der Waals surface area contributed by atoms with Gasteiger partial charge in [-0.25, -0.2) is 10.9 Å². The number of para-hydroxylation sites is 1. The number of carbonyl (C=O) groups excluding carboxylic acids is 2. The first kappa shape index (κ1) is 15.6. The molecule has 0 fully saturated rings. The van der Waals surface area contributed by atoms with Crippen LogP contribution in [0.2, 0.25) is 0 Å². The largest absolute Gasteiger partial charge is 0.496 e. The Morgan fingerprint density at radius 2 is 2.00 bits per heavy atom. The molecule has 122 valence electrons. The van der Waals surface area contributed by atoms with Crippen LogP contribution < -0.4 is 21.3 Å². The predicted octanol–water partition coefficient (Wildman–Crippen LogP) is 1.78. The van der Waals surface area contributed by atoms with Gasteiger partial charge in [-0.3, -0.25) is 9.59 Å². The number of anilines is 1. The molecule has 2 aromatic carbocycles. The zero-order valence-corrected chi connectivity index (χ0v) is 12.9. The molecule has 2 amide bonds. The summed E-state index contributed by atoms with van der Waals surface area (Å²) in [5.74, 6) is 5.82. The highest BCUT2D eigenvalue weighted by Crippen LogP contribution is 2.34. The van der Waals surface area contributed by atoms with Gasteiger partial charge in [0.25, 0.3) is 5.91 Å². The van der Waals surface area contributed by atoms with E-state index in [1.54, 1.807) is 13.2 Å². The Balaban J connectivity index is 2.22. The minimum Gasteiger partial charge on any atom is -0.496 e. The highest BCUT2D eigenvalue weighted by Gasteiger charge is 2.20. The number of carbonyl (C=O) groups is 2. The molecule has 0 atom stereocenters. The van der Waals surface area contributed by atoms with Crippen LogP contribution in [-0.2, 0) is 4.79 Å². The standard InChI is InChI=1S/C17H16N4O3/c1-24-14-5-3-2-4-11(14)10-6-7-12-13(8-10)20-17(21(19)9-22)15(12)16(18)23/h2-9,20H,19H2,1H3,(H2,18,23). The molecule has 0 unspecified atom stereocenters. The maximum absolute atomic E-state index is 11.8. The van der Waals surface area contributed by atoms with Crippen molar-refractivity contribution in [1.29, 1.82) is 0 Å². The summed E-state index contributed by atoms with van der Waals surface area (Å²) in [6, 6.07) is 13.0. The van der Waals surface area contributed by atoms with E-state index in [1.165, 1.54) is 0 Å². The predicted molar refractivity (Wildman–Crippen MR) is 91.5 cm³/mol. The summed E-state index contributed by atoms with van der Waals surface area (Å²) in [7, 11) is 1.60. The molecule has 1 heterocycles. The molecule has 0 radical (unpaired) electrons. The number of hydrogen-bond donors (Lipinski definition) is 3. The normalized spacial score (nSPS) is 10.6. The molecule has 0 aliphatic carbocycles.